The maximum atomic E-state index is 13.9. The zero-order chi connectivity index (χ0) is 32.1. The van der Waals surface area contributed by atoms with E-state index in [0.717, 1.165) is 34.1 Å². The Morgan fingerprint density at radius 1 is 0.447 bits per heavy atom. The highest BCUT2D eigenvalue weighted by Gasteiger charge is 2.38. The Balaban J connectivity index is 1.23. The molecule has 0 amide bonds. The lowest BCUT2D eigenvalue weighted by atomic mass is 9.73. The number of hydrogen-bond donors (Lipinski definition) is 0. The molecule has 228 valence electrons. The molecule has 4 heteroatoms. The summed E-state index contributed by atoms with van der Waals surface area (Å²) in [7, 11) is 0. The monoisotopic (exact) mass is 610 g/mol. The molecule has 0 saturated carbocycles. The van der Waals surface area contributed by atoms with Crippen LogP contribution in [0.3, 0.4) is 0 Å². The first kappa shape index (κ1) is 27.7. The van der Waals surface area contributed by atoms with Gasteiger partial charge < -0.3 is 14.2 Å². The number of para-hydroxylation sites is 4. The molecular formula is C43H34N2O2. The zero-order valence-electron chi connectivity index (χ0n) is 26.9. The van der Waals surface area contributed by atoms with E-state index < -0.39 is 0 Å². The Hall–Kier alpha value is -5.61. The fourth-order valence-corrected chi connectivity index (χ4v) is 8.00. The van der Waals surface area contributed by atoms with Crippen LogP contribution in [0, 0.1) is 0 Å². The minimum atomic E-state index is -0.152. The van der Waals surface area contributed by atoms with Crippen molar-refractivity contribution in [2.75, 3.05) is 9.80 Å². The van der Waals surface area contributed by atoms with E-state index in [2.05, 4.69) is 135 Å². The van der Waals surface area contributed by atoms with Crippen LogP contribution in [-0.2, 0) is 10.8 Å². The predicted molar refractivity (Wildman–Crippen MR) is 194 cm³/mol. The van der Waals surface area contributed by atoms with Crippen molar-refractivity contribution in [3.63, 3.8) is 0 Å². The number of fused-ring (bicyclic) bond motifs is 6. The van der Waals surface area contributed by atoms with Crippen molar-refractivity contribution >= 4 is 56.1 Å². The van der Waals surface area contributed by atoms with E-state index in [9.17, 15) is 4.79 Å². The summed E-state index contributed by atoms with van der Waals surface area (Å²) < 4.78 is 6.67. The molecule has 0 spiro atoms. The van der Waals surface area contributed by atoms with Crippen LogP contribution in [0.5, 0.6) is 0 Å². The van der Waals surface area contributed by atoms with Crippen LogP contribution in [0.25, 0.3) is 21.9 Å². The van der Waals surface area contributed by atoms with Crippen LogP contribution in [-0.4, -0.2) is 0 Å². The molecule has 4 nitrogen and oxygen atoms in total. The minimum Gasteiger partial charge on any atom is -0.456 e. The summed E-state index contributed by atoms with van der Waals surface area (Å²) in [5, 5.41) is 1.15. The number of hydrogen-bond acceptors (Lipinski definition) is 4. The molecule has 9 rings (SSSR count). The molecule has 0 N–H and O–H groups in total. The summed E-state index contributed by atoms with van der Waals surface area (Å²) in [5.41, 5.74) is 12.3. The highest BCUT2D eigenvalue weighted by molar-refractivity contribution is 5.96. The van der Waals surface area contributed by atoms with E-state index in [-0.39, 0.29) is 16.3 Å². The lowest BCUT2D eigenvalue weighted by molar-refractivity contribution is 0.631. The van der Waals surface area contributed by atoms with E-state index in [4.69, 9.17) is 4.42 Å². The molecule has 6 aromatic carbocycles. The van der Waals surface area contributed by atoms with E-state index in [1.54, 1.807) is 0 Å². The molecule has 0 aliphatic carbocycles. The summed E-state index contributed by atoms with van der Waals surface area (Å²) in [6.45, 7) is 9.13. The van der Waals surface area contributed by atoms with Crippen molar-refractivity contribution in [2.24, 2.45) is 0 Å². The summed E-state index contributed by atoms with van der Waals surface area (Å²) in [5.74, 6) is 0. The molecule has 0 radical (unpaired) electrons. The van der Waals surface area contributed by atoms with Crippen LogP contribution in [0.2, 0.25) is 0 Å². The van der Waals surface area contributed by atoms with Crippen LogP contribution >= 0.6 is 0 Å². The first-order valence-electron chi connectivity index (χ1n) is 16.2. The molecule has 0 saturated heterocycles. The van der Waals surface area contributed by atoms with Crippen LogP contribution < -0.4 is 15.2 Å². The van der Waals surface area contributed by atoms with Crippen LogP contribution in [0.4, 0.5) is 34.1 Å². The molecule has 1 aromatic heterocycles. The summed E-state index contributed by atoms with van der Waals surface area (Å²) in [4.78, 5) is 18.5. The third-order valence-corrected chi connectivity index (χ3v) is 10.4. The molecule has 2 aliphatic rings. The Morgan fingerprint density at radius 2 is 0.766 bits per heavy atom. The number of nitrogens with zero attached hydrogens (tertiary/aromatic N) is 2. The second-order valence-corrected chi connectivity index (χ2v) is 13.8. The van der Waals surface area contributed by atoms with Crippen LogP contribution in [0.15, 0.2) is 143 Å². The maximum Gasteiger partial charge on any atom is 0.200 e. The third kappa shape index (κ3) is 3.85. The van der Waals surface area contributed by atoms with Gasteiger partial charge in [-0.2, -0.15) is 0 Å². The van der Waals surface area contributed by atoms with Gasteiger partial charge in [-0.3, -0.25) is 4.79 Å². The third-order valence-electron chi connectivity index (χ3n) is 10.4. The van der Waals surface area contributed by atoms with Gasteiger partial charge >= 0.3 is 0 Å². The second-order valence-electron chi connectivity index (χ2n) is 13.8. The lowest BCUT2D eigenvalue weighted by Crippen LogP contribution is -2.30. The topological polar surface area (TPSA) is 36.7 Å². The summed E-state index contributed by atoms with van der Waals surface area (Å²) >= 11 is 0. The largest absolute Gasteiger partial charge is 0.456 e. The standard InChI is InChI=1S/C43H34N2O2/c1-42(2)31-13-5-9-17-35(31)44(36-18-10-6-14-32(36)42)27-21-23-29-39(25-27)47-40-26-28(22-24-30(40)41(29)46)45-37-19-11-7-15-33(37)43(3,4)34-16-8-12-20-38(34)45/h5-26H,1-4H3. The van der Waals surface area contributed by atoms with E-state index >= 15 is 0 Å². The van der Waals surface area contributed by atoms with Gasteiger partial charge in [0.25, 0.3) is 0 Å². The smallest absolute Gasteiger partial charge is 0.200 e. The number of benzene rings is 6. The predicted octanol–water partition coefficient (Wildman–Crippen LogP) is 11.2. The Labute approximate surface area is 274 Å². The summed E-state index contributed by atoms with van der Waals surface area (Å²) in [6.07, 6.45) is 0. The van der Waals surface area contributed by atoms with Gasteiger partial charge in [-0.1, -0.05) is 100 Å². The van der Waals surface area contributed by atoms with E-state index in [1.807, 2.05) is 36.4 Å². The lowest BCUT2D eigenvalue weighted by Gasteiger charge is -2.42. The van der Waals surface area contributed by atoms with Crippen molar-refractivity contribution in [3.05, 3.63) is 166 Å². The molecule has 7 aromatic rings. The van der Waals surface area contributed by atoms with Crippen molar-refractivity contribution in [1.82, 2.24) is 0 Å². The highest BCUT2D eigenvalue weighted by atomic mass is 16.3. The zero-order valence-corrected chi connectivity index (χ0v) is 26.9. The fourth-order valence-electron chi connectivity index (χ4n) is 8.00. The van der Waals surface area contributed by atoms with Gasteiger partial charge in [-0.15, -0.1) is 0 Å². The van der Waals surface area contributed by atoms with Gasteiger partial charge in [0.2, 0.25) is 5.43 Å². The Kier molecular flexibility index (Phi) is 5.71. The van der Waals surface area contributed by atoms with Crippen molar-refractivity contribution < 1.29 is 4.42 Å². The minimum absolute atomic E-state index is 0.0273. The van der Waals surface area contributed by atoms with Gasteiger partial charge in [-0.25, -0.2) is 0 Å². The molecule has 0 atom stereocenters. The quantitative estimate of drug-likeness (QED) is 0.183. The van der Waals surface area contributed by atoms with Gasteiger partial charge in [-0.05, 0) is 70.8 Å². The molecule has 0 fully saturated rings. The molecule has 0 unspecified atom stereocenters. The normalized spacial score (nSPS) is 15.6. The number of rotatable bonds is 2. The highest BCUT2D eigenvalue weighted by Crippen LogP contribution is 2.53. The van der Waals surface area contributed by atoms with Crippen molar-refractivity contribution in [3.8, 4) is 0 Å². The summed E-state index contributed by atoms with van der Waals surface area (Å²) in [6, 6.07) is 46.3. The van der Waals surface area contributed by atoms with E-state index in [0.29, 0.717) is 21.9 Å². The van der Waals surface area contributed by atoms with Crippen LogP contribution in [0.1, 0.15) is 49.9 Å². The van der Waals surface area contributed by atoms with E-state index in [1.165, 1.54) is 22.3 Å². The SMILES string of the molecule is CC1(C)c2ccccc2N(c2ccc3c(=O)c4ccc(N5c6ccccc6C(C)(C)c6ccccc65)cc4oc3c2)c2ccccc21. The van der Waals surface area contributed by atoms with Gasteiger partial charge in [0.15, 0.2) is 0 Å². The average molecular weight is 611 g/mol. The Bertz CT molecular complexity index is 2200. The maximum absolute atomic E-state index is 13.9. The molecule has 0 bridgehead atoms. The first-order chi connectivity index (χ1) is 22.7. The molecule has 47 heavy (non-hydrogen) atoms. The molecule has 3 heterocycles. The number of anilines is 6. The van der Waals surface area contributed by atoms with Gasteiger partial charge in [0.05, 0.1) is 33.5 Å². The van der Waals surface area contributed by atoms with Crippen molar-refractivity contribution in [2.45, 2.75) is 38.5 Å². The fraction of sp³-hybridized carbons (Fsp3) is 0.140. The second kappa shape index (κ2) is 9.70. The molecule has 2 aliphatic heterocycles. The van der Waals surface area contributed by atoms with Gasteiger partial charge in [0, 0.05) is 34.3 Å². The average Bonchev–Trinajstić information content (AvgIpc) is 3.09. The van der Waals surface area contributed by atoms with Gasteiger partial charge in [0.1, 0.15) is 11.2 Å². The first-order valence-corrected chi connectivity index (χ1v) is 16.2. The molecular weight excluding hydrogens is 576 g/mol. The van der Waals surface area contributed by atoms with Crippen molar-refractivity contribution in [1.29, 1.82) is 0 Å². The Morgan fingerprint density at radius 3 is 1.11 bits per heavy atom.